The van der Waals surface area contributed by atoms with Crippen molar-refractivity contribution in [3.63, 3.8) is 0 Å². The fourth-order valence-electron chi connectivity index (χ4n) is 3.62. The van der Waals surface area contributed by atoms with E-state index >= 15 is 0 Å². The normalized spacial score (nSPS) is 11.9. The Bertz CT molecular complexity index is 1590. The molecule has 2 aromatic heterocycles. The maximum Gasteiger partial charge on any atom is 0.573 e. The highest BCUT2D eigenvalue weighted by atomic mass is 19.4. The Labute approximate surface area is 207 Å². The second-order valence-electron chi connectivity index (χ2n) is 8.82. The molecule has 0 saturated carbocycles. The number of pyridine rings is 1. The number of rotatable bonds is 7. The molecule has 2 heterocycles. The summed E-state index contributed by atoms with van der Waals surface area (Å²) in [5.74, 6) is -1.39. The van der Waals surface area contributed by atoms with Crippen LogP contribution in [0, 0.1) is 5.41 Å². The van der Waals surface area contributed by atoms with Crippen molar-refractivity contribution < 1.29 is 27.8 Å². The van der Waals surface area contributed by atoms with Crippen LogP contribution in [-0.4, -0.2) is 31.8 Å². The van der Waals surface area contributed by atoms with Crippen molar-refractivity contribution in [2.75, 3.05) is 5.32 Å². The number of carboxylic acid groups (broad SMARTS) is 1. The largest absolute Gasteiger partial charge is 0.573 e. The molecule has 2 N–H and O–H groups in total. The summed E-state index contributed by atoms with van der Waals surface area (Å²) in [6.07, 6.45) is -3.39. The zero-order chi connectivity index (χ0) is 27.0. The smallest absolute Gasteiger partial charge is 0.481 e. The number of benzene rings is 2. The summed E-state index contributed by atoms with van der Waals surface area (Å²) < 4.78 is 43.6. The first kappa shape index (κ1) is 25.5. The van der Waals surface area contributed by atoms with Gasteiger partial charge in [0.2, 0.25) is 0 Å². The van der Waals surface area contributed by atoms with Crippen LogP contribution < -0.4 is 21.2 Å². The van der Waals surface area contributed by atoms with Crippen LogP contribution in [0.3, 0.4) is 0 Å². The molecular weight excluding hydrogens is 493 g/mol. The monoisotopic (exact) mass is 514 g/mol. The number of carboxylic acids is 1. The third-order valence-electron chi connectivity index (χ3n) is 5.54. The van der Waals surface area contributed by atoms with E-state index in [1.807, 2.05) is 0 Å². The Balaban J connectivity index is 1.78. The average Bonchev–Trinajstić information content (AvgIpc) is 2.83. The van der Waals surface area contributed by atoms with Crippen LogP contribution >= 0.6 is 0 Å². The summed E-state index contributed by atoms with van der Waals surface area (Å²) in [6.45, 7) is 2.91. The van der Waals surface area contributed by atoms with Gasteiger partial charge in [-0.05, 0) is 56.3 Å². The first-order valence-corrected chi connectivity index (χ1v) is 10.9. The summed E-state index contributed by atoms with van der Waals surface area (Å²) in [6, 6.07) is 14.2. The summed E-state index contributed by atoms with van der Waals surface area (Å²) in [5.41, 5.74) is -1.99. The van der Waals surface area contributed by atoms with Gasteiger partial charge in [0, 0.05) is 18.1 Å². The van der Waals surface area contributed by atoms with Crippen LogP contribution in [0.5, 0.6) is 5.75 Å². The van der Waals surface area contributed by atoms with Crippen LogP contribution in [0.25, 0.3) is 16.5 Å². The highest BCUT2D eigenvalue weighted by Crippen LogP contribution is 2.25. The fraction of sp³-hybridized carbons (Fsp3) is 0.200. The van der Waals surface area contributed by atoms with E-state index in [-0.39, 0.29) is 29.1 Å². The molecule has 0 aliphatic heterocycles. The molecule has 0 aliphatic rings. The van der Waals surface area contributed by atoms with Gasteiger partial charge < -0.3 is 19.7 Å². The van der Waals surface area contributed by atoms with Gasteiger partial charge in [0.25, 0.3) is 11.1 Å². The molecule has 0 bridgehead atoms. The molecule has 0 spiro atoms. The summed E-state index contributed by atoms with van der Waals surface area (Å²) >= 11 is 0. The van der Waals surface area contributed by atoms with Crippen LogP contribution in [0.15, 0.2) is 76.4 Å². The van der Waals surface area contributed by atoms with Gasteiger partial charge in [0.15, 0.2) is 5.82 Å². The lowest BCUT2D eigenvalue weighted by atomic mass is 9.94. The Morgan fingerprint density at radius 3 is 2.24 bits per heavy atom. The van der Waals surface area contributed by atoms with Crippen molar-refractivity contribution >= 4 is 28.2 Å². The number of nitrogens with one attached hydrogen (secondary N) is 1. The van der Waals surface area contributed by atoms with Crippen molar-refractivity contribution in [1.82, 2.24) is 14.3 Å². The minimum absolute atomic E-state index is 0.0838. The fourth-order valence-corrected chi connectivity index (χ4v) is 3.62. The zero-order valence-corrected chi connectivity index (χ0v) is 19.6. The van der Waals surface area contributed by atoms with E-state index in [0.29, 0.717) is 5.39 Å². The number of hydrogen-bond acceptors (Lipinski definition) is 6. The maximum absolute atomic E-state index is 13.1. The predicted molar refractivity (Wildman–Crippen MR) is 129 cm³/mol. The summed E-state index contributed by atoms with van der Waals surface area (Å²) in [7, 11) is 0. The predicted octanol–water partition coefficient (Wildman–Crippen LogP) is 4.30. The summed E-state index contributed by atoms with van der Waals surface area (Å²) in [5, 5.41) is 17.3. The van der Waals surface area contributed by atoms with Crippen molar-refractivity contribution in [3.8, 4) is 11.4 Å². The molecule has 12 heteroatoms. The van der Waals surface area contributed by atoms with Gasteiger partial charge in [0.1, 0.15) is 11.4 Å². The molecule has 37 heavy (non-hydrogen) atoms. The molecule has 0 fully saturated rings. The lowest BCUT2D eigenvalue weighted by Gasteiger charge is -2.21. The standard InChI is InChI=1S/C25H21F3N4O5/c1-24(2,23(35)36)14-31-13-5-8-19(22(31)34)29-20-17-6-3-4-7-18(17)21(33)32(30-20)15-9-11-16(12-10-15)37-25(26,27)28/h3-13H,14H2,1-2H3,(H,29,30)(H,35,36). The minimum Gasteiger partial charge on any atom is -0.481 e. The van der Waals surface area contributed by atoms with E-state index in [9.17, 15) is 32.7 Å². The lowest BCUT2D eigenvalue weighted by Crippen LogP contribution is -2.34. The van der Waals surface area contributed by atoms with Gasteiger partial charge in [-0.15, -0.1) is 18.3 Å². The second-order valence-corrected chi connectivity index (χ2v) is 8.82. The number of halogens is 3. The number of ether oxygens (including phenoxy) is 1. The van der Waals surface area contributed by atoms with E-state index in [1.165, 1.54) is 42.8 Å². The highest BCUT2D eigenvalue weighted by molar-refractivity contribution is 5.92. The number of alkyl halides is 3. The van der Waals surface area contributed by atoms with E-state index < -0.39 is 34.6 Å². The number of aromatic nitrogens is 3. The van der Waals surface area contributed by atoms with Gasteiger partial charge in [-0.2, -0.15) is 4.68 Å². The number of carbonyl (C=O) groups is 1. The zero-order valence-electron chi connectivity index (χ0n) is 19.6. The number of aliphatic carboxylic acids is 1. The van der Waals surface area contributed by atoms with Crippen LogP contribution in [0.1, 0.15) is 13.8 Å². The first-order chi connectivity index (χ1) is 17.4. The van der Waals surface area contributed by atoms with Gasteiger partial charge in [-0.25, -0.2) is 0 Å². The lowest BCUT2D eigenvalue weighted by molar-refractivity contribution is -0.274. The Kier molecular flexibility index (Phi) is 6.51. The summed E-state index contributed by atoms with van der Waals surface area (Å²) in [4.78, 5) is 37.7. The van der Waals surface area contributed by atoms with Crippen LogP contribution in [0.4, 0.5) is 24.7 Å². The van der Waals surface area contributed by atoms with Crippen molar-refractivity contribution in [1.29, 1.82) is 0 Å². The Morgan fingerprint density at radius 2 is 1.62 bits per heavy atom. The average molecular weight is 514 g/mol. The SMILES string of the molecule is CC(C)(Cn1cccc(Nc2nn(-c3ccc(OC(F)(F)F)cc3)c(=O)c3ccccc23)c1=O)C(=O)O. The Hall–Kier alpha value is -4.61. The number of anilines is 2. The van der Waals surface area contributed by atoms with Gasteiger partial charge in [-0.1, -0.05) is 18.2 Å². The third kappa shape index (κ3) is 5.47. The van der Waals surface area contributed by atoms with Gasteiger partial charge in [0.05, 0.1) is 16.5 Å². The van der Waals surface area contributed by atoms with E-state index in [2.05, 4.69) is 15.2 Å². The highest BCUT2D eigenvalue weighted by Gasteiger charge is 2.31. The molecule has 0 amide bonds. The minimum atomic E-state index is -4.86. The molecule has 0 radical (unpaired) electrons. The topological polar surface area (TPSA) is 115 Å². The molecule has 192 valence electrons. The van der Waals surface area contributed by atoms with Crippen LogP contribution in [0.2, 0.25) is 0 Å². The van der Waals surface area contributed by atoms with Crippen molar-refractivity contribution in [2.24, 2.45) is 5.41 Å². The first-order valence-electron chi connectivity index (χ1n) is 10.9. The molecule has 4 aromatic rings. The number of hydrogen-bond donors (Lipinski definition) is 2. The van der Waals surface area contributed by atoms with Gasteiger partial charge >= 0.3 is 12.3 Å². The van der Waals surface area contributed by atoms with E-state index in [0.717, 1.165) is 16.8 Å². The Morgan fingerprint density at radius 1 is 0.973 bits per heavy atom. The van der Waals surface area contributed by atoms with E-state index in [4.69, 9.17) is 0 Å². The molecule has 0 atom stereocenters. The molecule has 9 nitrogen and oxygen atoms in total. The second kappa shape index (κ2) is 9.45. The van der Waals surface area contributed by atoms with Crippen molar-refractivity contribution in [2.45, 2.75) is 26.8 Å². The maximum atomic E-state index is 13.1. The molecule has 2 aromatic carbocycles. The number of fused-ring (bicyclic) bond motifs is 1. The molecule has 0 aliphatic carbocycles. The van der Waals surface area contributed by atoms with Crippen LogP contribution in [-0.2, 0) is 11.3 Å². The van der Waals surface area contributed by atoms with Gasteiger partial charge in [-0.3, -0.25) is 14.4 Å². The molecular formula is C25H21F3N4O5. The quantitative estimate of drug-likeness (QED) is 0.378. The molecule has 0 saturated heterocycles. The molecule has 4 rings (SSSR count). The van der Waals surface area contributed by atoms with Crippen molar-refractivity contribution in [3.05, 3.63) is 87.6 Å². The number of nitrogens with zero attached hydrogens (tertiary/aromatic N) is 3. The van der Waals surface area contributed by atoms with E-state index in [1.54, 1.807) is 30.3 Å². The molecule has 0 unspecified atom stereocenters. The third-order valence-corrected chi connectivity index (χ3v) is 5.54.